The van der Waals surface area contributed by atoms with E-state index in [2.05, 4.69) is 37.8 Å². The molecule has 1 heteroatoms. The molecule has 2 N–H and O–H groups in total. The van der Waals surface area contributed by atoms with Gasteiger partial charge in [0.15, 0.2) is 0 Å². The fourth-order valence-electron chi connectivity index (χ4n) is 1.13. The smallest absolute Gasteiger partial charge is 0.0329 e. The van der Waals surface area contributed by atoms with Crippen LogP contribution in [0.2, 0.25) is 0 Å². The molecular weight excluding hydrogens is 146 g/mol. The molecule has 1 atom stereocenters. The molecule has 1 aromatic carbocycles. The average molecular weight is 161 g/mol. The molecule has 0 aliphatic carbocycles. The summed E-state index contributed by atoms with van der Waals surface area (Å²) in [7, 11) is 0. The van der Waals surface area contributed by atoms with E-state index >= 15 is 0 Å². The quantitative estimate of drug-likeness (QED) is 0.677. The Morgan fingerprint density at radius 2 is 2.00 bits per heavy atom. The van der Waals surface area contributed by atoms with E-state index < -0.39 is 0 Å². The fraction of sp³-hybridized carbons (Fsp3) is 0.273. The molecule has 0 heterocycles. The minimum absolute atomic E-state index is 0.100. The predicted octanol–water partition coefficient (Wildman–Crippen LogP) is 2.57. The van der Waals surface area contributed by atoms with E-state index in [0.29, 0.717) is 0 Å². The number of rotatable bonds is 3. The Bertz CT molecular complexity index is 248. The van der Waals surface area contributed by atoms with E-state index in [1.807, 2.05) is 6.08 Å². The van der Waals surface area contributed by atoms with Gasteiger partial charge in [-0.3, -0.25) is 0 Å². The SMILES string of the molecule is C=CC[C@H](N)c1ccc(C)cc1. The van der Waals surface area contributed by atoms with Crippen molar-refractivity contribution in [2.24, 2.45) is 5.73 Å². The lowest BCUT2D eigenvalue weighted by molar-refractivity contribution is 0.741. The Morgan fingerprint density at radius 3 is 2.50 bits per heavy atom. The van der Waals surface area contributed by atoms with Crippen LogP contribution in [0.5, 0.6) is 0 Å². The van der Waals surface area contributed by atoms with Crippen molar-refractivity contribution in [3.63, 3.8) is 0 Å². The first kappa shape index (κ1) is 9.01. The molecule has 0 unspecified atom stereocenters. The molecule has 12 heavy (non-hydrogen) atoms. The first-order chi connectivity index (χ1) is 5.74. The van der Waals surface area contributed by atoms with E-state index in [1.54, 1.807) is 0 Å². The lowest BCUT2D eigenvalue weighted by Crippen LogP contribution is -2.08. The van der Waals surface area contributed by atoms with Gasteiger partial charge in [0.1, 0.15) is 0 Å². The molecular formula is C11H15N. The zero-order valence-corrected chi connectivity index (χ0v) is 7.46. The fourth-order valence-corrected chi connectivity index (χ4v) is 1.13. The lowest BCUT2D eigenvalue weighted by Gasteiger charge is -2.08. The Labute approximate surface area is 73.9 Å². The van der Waals surface area contributed by atoms with Crippen molar-refractivity contribution < 1.29 is 0 Å². The molecule has 0 spiro atoms. The molecule has 0 aromatic heterocycles. The molecule has 0 aliphatic heterocycles. The van der Waals surface area contributed by atoms with Gasteiger partial charge in [-0.05, 0) is 18.9 Å². The van der Waals surface area contributed by atoms with Crippen LogP contribution in [-0.2, 0) is 0 Å². The van der Waals surface area contributed by atoms with Gasteiger partial charge in [0, 0.05) is 6.04 Å². The van der Waals surface area contributed by atoms with Crippen molar-refractivity contribution in [2.75, 3.05) is 0 Å². The Kier molecular flexibility index (Phi) is 3.06. The Balaban J connectivity index is 2.74. The van der Waals surface area contributed by atoms with E-state index in [9.17, 15) is 0 Å². The molecule has 0 saturated carbocycles. The van der Waals surface area contributed by atoms with Crippen LogP contribution in [0.15, 0.2) is 36.9 Å². The average Bonchev–Trinajstić information content (AvgIpc) is 2.06. The van der Waals surface area contributed by atoms with Gasteiger partial charge in [-0.1, -0.05) is 35.9 Å². The van der Waals surface area contributed by atoms with Gasteiger partial charge in [-0.2, -0.15) is 0 Å². The van der Waals surface area contributed by atoms with Crippen LogP contribution >= 0.6 is 0 Å². The van der Waals surface area contributed by atoms with Crippen molar-refractivity contribution in [1.82, 2.24) is 0 Å². The molecule has 0 amide bonds. The molecule has 64 valence electrons. The van der Waals surface area contributed by atoms with Crippen molar-refractivity contribution >= 4 is 0 Å². The molecule has 1 aromatic rings. The third-order valence-corrected chi connectivity index (χ3v) is 1.93. The van der Waals surface area contributed by atoms with Crippen molar-refractivity contribution in [3.05, 3.63) is 48.0 Å². The minimum Gasteiger partial charge on any atom is -0.324 e. The normalized spacial score (nSPS) is 12.5. The van der Waals surface area contributed by atoms with Gasteiger partial charge >= 0.3 is 0 Å². The monoisotopic (exact) mass is 161 g/mol. The van der Waals surface area contributed by atoms with Crippen molar-refractivity contribution in [3.8, 4) is 0 Å². The summed E-state index contributed by atoms with van der Waals surface area (Å²) >= 11 is 0. The van der Waals surface area contributed by atoms with Crippen molar-refractivity contribution in [1.29, 1.82) is 0 Å². The summed E-state index contributed by atoms with van der Waals surface area (Å²) in [6, 6.07) is 8.41. The summed E-state index contributed by atoms with van der Waals surface area (Å²) in [6.07, 6.45) is 2.69. The second-order valence-corrected chi connectivity index (χ2v) is 3.04. The maximum Gasteiger partial charge on any atom is 0.0329 e. The van der Waals surface area contributed by atoms with E-state index in [-0.39, 0.29) is 6.04 Å². The van der Waals surface area contributed by atoms with Gasteiger partial charge in [0.2, 0.25) is 0 Å². The molecule has 0 radical (unpaired) electrons. The highest BCUT2D eigenvalue weighted by Crippen LogP contribution is 2.14. The Hall–Kier alpha value is -1.08. The highest BCUT2D eigenvalue weighted by atomic mass is 14.6. The van der Waals surface area contributed by atoms with Gasteiger partial charge in [0.05, 0.1) is 0 Å². The molecule has 1 rings (SSSR count). The van der Waals surface area contributed by atoms with Crippen molar-refractivity contribution in [2.45, 2.75) is 19.4 Å². The zero-order chi connectivity index (χ0) is 8.97. The lowest BCUT2D eigenvalue weighted by atomic mass is 10.0. The van der Waals surface area contributed by atoms with Gasteiger partial charge < -0.3 is 5.73 Å². The first-order valence-corrected chi connectivity index (χ1v) is 4.17. The van der Waals surface area contributed by atoms with Gasteiger partial charge in [-0.25, -0.2) is 0 Å². The second kappa shape index (κ2) is 4.07. The Morgan fingerprint density at radius 1 is 1.42 bits per heavy atom. The van der Waals surface area contributed by atoms with Crippen LogP contribution in [0.3, 0.4) is 0 Å². The second-order valence-electron chi connectivity index (χ2n) is 3.04. The maximum atomic E-state index is 5.88. The first-order valence-electron chi connectivity index (χ1n) is 4.17. The molecule has 0 aliphatic rings. The predicted molar refractivity (Wildman–Crippen MR) is 52.9 cm³/mol. The molecule has 0 fully saturated rings. The number of hydrogen-bond donors (Lipinski definition) is 1. The topological polar surface area (TPSA) is 26.0 Å². The molecule has 0 saturated heterocycles. The minimum atomic E-state index is 0.100. The standard InChI is InChI=1S/C11H15N/c1-3-4-11(12)10-7-5-9(2)6-8-10/h3,5-8,11H,1,4,12H2,2H3/t11-/m0/s1. The van der Waals surface area contributed by atoms with Gasteiger partial charge in [-0.15, -0.1) is 6.58 Å². The highest BCUT2D eigenvalue weighted by molar-refractivity contribution is 5.24. The van der Waals surface area contributed by atoms with E-state index in [1.165, 1.54) is 11.1 Å². The third kappa shape index (κ3) is 2.21. The molecule has 1 nitrogen and oxygen atoms in total. The number of nitrogens with two attached hydrogens (primary N) is 1. The number of hydrogen-bond acceptors (Lipinski definition) is 1. The summed E-state index contributed by atoms with van der Waals surface area (Å²) in [5.41, 5.74) is 8.33. The maximum absolute atomic E-state index is 5.88. The largest absolute Gasteiger partial charge is 0.324 e. The van der Waals surface area contributed by atoms with E-state index in [0.717, 1.165) is 6.42 Å². The summed E-state index contributed by atoms with van der Waals surface area (Å²) in [5, 5.41) is 0. The van der Waals surface area contributed by atoms with Crippen LogP contribution in [0.25, 0.3) is 0 Å². The van der Waals surface area contributed by atoms with Crippen LogP contribution in [0, 0.1) is 6.92 Å². The van der Waals surface area contributed by atoms with Crippen LogP contribution in [-0.4, -0.2) is 0 Å². The zero-order valence-electron chi connectivity index (χ0n) is 7.46. The number of benzene rings is 1. The van der Waals surface area contributed by atoms with Crippen LogP contribution in [0.4, 0.5) is 0 Å². The third-order valence-electron chi connectivity index (χ3n) is 1.93. The van der Waals surface area contributed by atoms with E-state index in [4.69, 9.17) is 5.73 Å². The summed E-state index contributed by atoms with van der Waals surface area (Å²) < 4.78 is 0. The number of aryl methyl sites for hydroxylation is 1. The van der Waals surface area contributed by atoms with Crippen LogP contribution in [0.1, 0.15) is 23.6 Å². The summed E-state index contributed by atoms with van der Waals surface area (Å²) in [6.45, 7) is 5.74. The highest BCUT2D eigenvalue weighted by Gasteiger charge is 2.01. The summed E-state index contributed by atoms with van der Waals surface area (Å²) in [4.78, 5) is 0. The summed E-state index contributed by atoms with van der Waals surface area (Å²) in [5.74, 6) is 0. The van der Waals surface area contributed by atoms with Crippen LogP contribution < -0.4 is 5.73 Å². The van der Waals surface area contributed by atoms with Gasteiger partial charge in [0.25, 0.3) is 0 Å². The molecule has 0 bridgehead atoms.